The van der Waals surface area contributed by atoms with Gasteiger partial charge in [-0.05, 0) is 83.1 Å². The minimum absolute atomic E-state index is 0.0949. The third-order valence-corrected chi connectivity index (χ3v) is 7.97. The Labute approximate surface area is 236 Å². The van der Waals surface area contributed by atoms with Gasteiger partial charge < -0.3 is 30.5 Å². The van der Waals surface area contributed by atoms with E-state index in [0.29, 0.717) is 38.4 Å². The molecular formula is C30H42N6O4. The van der Waals surface area contributed by atoms with Crippen LogP contribution in [-0.2, 0) is 14.3 Å². The number of aromatic nitrogens is 2. The van der Waals surface area contributed by atoms with Gasteiger partial charge in [0, 0.05) is 49.6 Å². The van der Waals surface area contributed by atoms with Gasteiger partial charge in [0.2, 0.25) is 0 Å². The molecule has 4 rings (SSSR count). The molecule has 2 aromatic rings. The van der Waals surface area contributed by atoms with E-state index >= 15 is 0 Å². The van der Waals surface area contributed by atoms with Gasteiger partial charge in [-0.3, -0.25) is 0 Å². The van der Waals surface area contributed by atoms with Gasteiger partial charge in [-0.25, -0.2) is 14.8 Å². The lowest BCUT2D eigenvalue weighted by atomic mass is 9.82. The summed E-state index contributed by atoms with van der Waals surface area (Å²) in [6.45, 7) is 7.79. The predicted molar refractivity (Wildman–Crippen MR) is 154 cm³/mol. The fourth-order valence-corrected chi connectivity index (χ4v) is 5.34. The van der Waals surface area contributed by atoms with Gasteiger partial charge in [-0.15, -0.1) is 0 Å². The van der Waals surface area contributed by atoms with Crippen molar-refractivity contribution in [1.82, 2.24) is 15.3 Å². The molecule has 1 saturated heterocycles. The van der Waals surface area contributed by atoms with Gasteiger partial charge in [0.1, 0.15) is 11.6 Å². The summed E-state index contributed by atoms with van der Waals surface area (Å²) in [5, 5.41) is 29.3. The topological polar surface area (TPSA) is 141 Å². The zero-order valence-corrected chi connectivity index (χ0v) is 23.8. The minimum Gasteiger partial charge on any atom is -0.479 e. The quantitative estimate of drug-likeness (QED) is 0.301. The van der Waals surface area contributed by atoms with Gasteiger partial charge in [-0.1, -0.05) is 6.07 Å². The van der Waals surface area contributed by atoms with Gasteiger partial charge >= 0.3 is 5.97 Å². The molecule has 1 aliphatic heterocycles. The second kappa shape index (κ2) is 13.9. The van der Waals surface area contributed by atoms with Gasteiger partial charge in [0.15, 0.2) is 6.10 Å². The highest BCUT2D eigenvalue weighted by atomic mass is 16.5. The van der Waals surface area contributed by atoms with Crippen LogP contribution >= 0.6 is 0 Å². The monoisotopic (exact) mass is 550 g/mol. The molecule has 2 fully saturated rings. The molecule has 0 radical (unpaired) electrons. The lowest BCUT2D eigenvalue weighted by Crippen LogP contribution is -2.43. The Hall–Kier alpha value is -3.26. The van der Waals surface area contributed by atoms with E-state index in [-0.39, 0.29) is 6.04 Å². The summed E-state index contributed by atoms with van der Waals surface area (Å²) in [4.78, 5) is 20.4. The summed E-state index contributed by atoms with van der Waals surface area (Å²) in [5.74, 6) is 0.658. The third kappa shape index (κ3) is 8.13. The number of nitrogens with one attached hydrogen (secondary N) is 3. The van der Waals surface area contributed by atoms with E-state index in [4.69, 9.17) is 19.6 Å². The van der Waals surface area contributed by atoms with Crippen LogP contribution in [0.1, 0.15) is 57.9 Å². The number of carboxylic acids is 1. The van der Waals surface area contributed by atoms with Crippen molar-refractivity contribution in [3.63, 3.8) is 0 Å². The van der Waals surface area contributed by atoms with E-state index < -0.39 is 17.5 Å². The fraction of sp³-hybridized carbons (Fsp3) is 0.600. The number of rotatable bonds is 12. The second-order valence-corrected chi connectivity index (χ2v) is 11.2. The fourth-order valence-electron chi connectivity index (χ4n) is 5.34. The third-order valence-electron chi connectivity index (χ3n) is 7.97. The van der Waals surface area contributed by atoms with Crippen LogP contribution in [0.25, 0.3) is 11.3 Å². The normalized spacial score (nSPS) is 22.1. The molecule has 2 aromatic heterocycles. The summed E-state index contributed by atoms with van der Waals surface area (Å²) in [7, 11) is 0. The van der Waals surface area contributed by atoms with Crippen LogP contribution in [-0.4, -0.2) is 71.6 Å². The summed E-state index contributed by atoms with van der Waals surface area (Å²) in [5.41, 5.74) is 2.53. The van der Waals surface area contributed by atoms with Crippen LogP contribution in [0.5, 0.6) is 0 Å². The van der Waals surface area contributed by atoms with Gasteiger partial charge in [0.05, 0.1) is 23.8 Å². The number of carboxylic acid groups (broad SMARTS) is 1. The van der Waals surface area contributed by atoms with Crippen LogP contribution in [0.15, 0.2) is 30.5 Å². The van der Waals surface area contributed by atoms with Crippen molar-refractivity contribution in [3.05, 3.63) is 36.0 Å². The standard InChI is InChI=1S/C30H42N6O4/c1-20-16-32-28(35-24-9-7-23(8-10-24)34-21(2)17-40-22(3)29(37)38)15-25(20)26-5-4-6-27(36-26)33-19-30(18-31)11-13-39-14-12-30/h4-6,15-16,21-24,34H,7-14,17,19H2,1-3H3,(H,32,35)(H,33,36)(H,37,38)/t21-,22+,23?,24?/m0/s1. The first-order valence-corrected chi connectivity index (χ1v) is 14.3. The summed E-state index contributed by atoms with van der Waals surface area (Å²) >= 11 is 0. The number of hydrogen-bond acceptors (Lipinski definition) is 9. The summed E-state index contributed by atoms with van der Waals surface area (Å²) in [6.07, 6.45) is 6.65. The molecule has 1 aliphatic carbocycles. The van der Waals surface area contributed by atoms with Crippen molar-refractivity contribution < 1.29 is 19.4 Å². The molecule has 10 nitrogen and oxygen atoms in total. The Morgan fingerprint density at radius 2 is 1.93 bits per heavy atom. The number of nitriles is 1. The van der Waals surface area contributed by atoms with Crippen LogP contribution in [0.3, 0.4) is 0 Å². The van der Waals surface area contributed by atoms with Crippen LogP contribution in [0.4, 0.5) is 11.6 Å². The zero-order valence-electron chi connectivity index (χ0n) is 23.8. The van der Waals surface area contributed by atoms with Crippen LogP contribution in [0, 0.1) is 23.7 Å². The van der Waals surface area contributed by atoms with Crippen molar-refractivity contribution >= 4 is 17.6 Å². The van der Waals surface area contributed by atoms with Crippen molar-refractivity contribution in [2.24, 2.45) is 5.41 Å². The number of anilines is 2. The first kappa shape index (κ1) is 29.7. The second-order valence-electron chi connectivity index (χ2n) is 11.2. The Balaban J connectivity index is 1.31. The number of nitrogens with zero attached hydrogens (tertiary/aromatic N) is 3. The molecular weight excluding hydrogens is 508 g/mol. The van der Waals surface area contributed by atoms with E-state index in [0.717, 1.165) is 67.0 Å². The lowest BCUT2D eigenvalue weighted by molar-refractivity contribution is -0.149. The SMILES string of the molecule is Cc1cnc(NC2CCC(N[C@@H](C)CO[C@H](C)C(=O)O)CC2)cc1-c1cccc(NCC2(C#N)CCOCC2)n1. The molecule has 3 heterocycles. The van der Waals surface area contributed by atoms with Crippen LogP contribution in [0.2, 0.25) is 0 Å². The predicted octanol–water partition coefficient (Wildman–Crippen LogP) is 4.38. The van der Waals surface area contributed by atoms with Crippen molar-refractivity contribution in [2.45, 2.75) is 83.5 Å². The van der Waals surface area contributed by atoms with Crippen molar-refractivity contribution in [2.75, 3.05) is 37.0 Å². The number of carbonyl (C=O) groups is 1. The minimum atomic E-state index is -0.939. The van der Waals surface area contributed by atoms with E-state index in [9.17, 15) is 10.1 Å². The number of hydrogen-bond donors (Lipinski definition) is 4. The molecule has 2 atom stereocenters. The molecule has 0 amide bonds. The number of aryl methyl sites for hydroxylation is 1. The highest BCUT2D eigenvalue weighted by molar-refractivity contribution is 5.71. The Morgan fingerprint density at radius 3 is 2.62 bits per heavy atom. The van der Waals surface area contributed by atoms with Crippen molar-refractivity contribution in [1.29, 1.82) is 5.26 Å². The molecule has 216 valence electrons. The number of ether oxygens (including phenoxy) is 2. The molecule has 4 N–H and O–H groups in total. The number of pyridine rings is 2. The molecule has 40 heavy (non-hydrogen) atoms. The molecule has 0 bridgehead atoms. The molecule has 10 heteroatoms. The maximum Gasteiger partial charge on any atom is 0.332 e. The van der Waals surface area contributed by atoms with Crippen LogP contribution < -0.4 is 16.0 Å². The molecule has 0 aromatic carbocycles. The van der Waals surface area contributed by atoms with E-state index in [1.807, 2.05) is 38.2 Å². The van der Waals surface area contributed by atoms with E-state index in [1.165, 1.54) is 0 Å². The largest absolute Gasteiger partial charge is 0.479 e. The highest BCUT2D eigenvalue weighted by Gasteiger charge is 2.32. The molecule has 0 unspecified atom stereocenters. The Kier molecular flexibility index (Phi) is 10.3. The van der Waals surface area contributed by atoms with E-state index in [1.54, 1.807) is 6.92 Å². The summed E-state index contributed by atoms with van der Waals surface area (Å²) < 4.78 is 10.9. The lowest BCUT2D eigenvalue weighted by Gasteiger charge is -2.32. The first-order valence-electron chi connectivity index (χ1n) is 14.3. The highest BCUT2D eigenvalue weighted by Crippen LogP contribution is 2.31. The van der Waals surface area contributed by atoms with Gasteiger partial charge in [0.25, 0.3) is 0 Å². The molecule has 0 spiro atoms. The maximum atomic E-state index is 10.9. The Bertz CT molecular complexity index is 1170. The maximum absolute atomic E-state index is 10.9. The zero-order chi connectivity index (χ0) is 28.5. The Morgan fingerprint density at radius 1 is 1.20 bits per heavy atom. The summed E-state index contributed by atoms with van der Waals surface area (Å²) in [6, 6.07) is 11.3. The van der Waals surface area contributed by atoms with Gasteiger partial charge in [-0.2, -0.15) is 5.26 Å². The average Bonchev–Trinajstić information content (AvgIpc) is 2.97. The molecule has 1 saturated carbocycles. The van der Waals surface area contributed by atoms with E-state index in [2.05, 4.69) is 33.1 Å². The smallest absolute Gasteiger partial charge is 0.332 e. The molecule has 2 aliphatic rings. The average molecular weight is 551 g/mol. The van der Waals surface area contributed by atoms with Crippen molar-refractivity contribution in [3.8, 4) is 17.3 Å². The first-order chi connectivity index (χ1) is 19.3. The number of aliphatic carboxylic acids is 1.